The van der Waals surface area contributed by atoms with Crippen molar-refractivity contribution in [1.29, 1.82) is 0 Å². The maximum Gasteiger partial charge on any atom is 0.179 e. The molecule has 2 atom stereocenters. The summed E-state index contributed by atoms with van der Waals surface area (Å²) in [5.41, 5.74) is 5.80. The molecule has 1 saturated carbocycles. The molecule has 0 saturated heterocycles. The minimum Gasteiger partial charge on any atom is -0.487 e. The van der Waals surface area contributed by atoms with Gasteiger partial charge in [0.1, 0.15) is 0 Å². The molecule has 1 aromatic rings. The first-order chi connectivity index (χ1) is 9.92. The second-order valence-electron chi connectivity index (χ2n) is 5.88. The molecule has 2 rings (SSSR count). The molecule has 6 heteroatoms. The van der Waals surface area contributed by atoms with Gasteiger partial charge in [0, 0.05) is 5.56 Å². The van der Waals surface area contributed by atoms with E-state index in [9.17, 15) is 4.39 Å². The van der Waals surface area contributed by atoms with Crippen LogP contribution < -0.4 is 10.5 Å². The number of nitrogens with zero attached hydrogens (tertiary/aromatic N) is 1. The molecular weight excluding hydrogens is 339 g/mol. The van der Waals surface area contributed by atoms with Gasteiger partial charge < -0.3 is 15.7 Å². The van der Waals surface area contributed by atoms with Gasteiger partial charge in [-0.05, 0) is 59.2 Å². The Labute approximate surface area is 132 Å². The van der Waals surface area contributed by atoms with Crippen LogP contribution in [-0.2, 0) is 0 Å². The Hall–Kier alpha value is -1.30. The fourth-order valence-corrected chi connectivity index (χ4v) is 3.55. The van der Waals surface area contributed by atoms with E-state index in [1.807, 2.05) is 0 Å². The molecule has 1 aliphatic carbocycles. The number of nitrogens with two attached hydrogens (primary N) is 1. The maximum absolute atomic E-state index is 14.3. The van der Waals surface area contributed by atoms with Crippen LogP contribution in [0.4, 0.5) is 4.39 Å². The van der Waals surface area contributed by atoms with Crippen molar-refractivity contribution in [2.75, 3.05) is 0 Å². The number of oxime groups is 1. The van der Waals surface area contributed by atoms with Crippen molar-refractivity contribution >= 4 is 21.8 Å². The SMILES string of the molecule is CC1CC(C)CC(Oc2ccc(/C(N)=N/O)c(Br)c2F)C1. The zero-order valence-electron chi connectivity index (χ0n) is 12.1. The van der Waals surface area contributed by atoms with Gasteiger partial charge in [0.2, 0.25) is 0 Å². The first-order valence-electron chi connectivity index (χ1n) is 7.04. The lowest BCUT2D eigenvalue weighted by Crippen LogP contribution is -2.28. The Kier molecular flexibility index (Phi) is 5.08. The molecule has 0 radical (unpaired) electrons. The van der Waals surface area contributed by atoms with Crippen molar-refractivity contribution in [3.8, 4) is 5.75 Å². The van der Waals surface area contributed by atoms with Gasteiger partial charge in [-0.1, -0.05) is 19.0 Å². The average Bonchev–Trinajstić information content (AvgIpc) is 2.42. The standard InChI is InChI=1S/C15H20BrFN2O2/c1-8-5-9(2)7-10(6-8)21-12-4-3-11(15(18)19-20)13(16)14(12)17/h3-4,8-10,20H,5-7H2,1-2H3,(H2,18,19). The fourth-order valence-electron chi connectivity index (χ4n) is 3.02. The summed E-state index contributed by atoms with van der Waals surface area (Å²) in [7, 11) is 0. The highest BCUT2D eigenvalue weighted by Gasteiger charge is 2.26. The molecule has 0 bridgehead atoms. The molecular formula is C15H20BrFN2O2. The quantitative estimate of drug-likeness (QED) is 0.372. The first-order valence-corrected chi connectivity index (χ1v) is 7.84. The van der Waals surface area contributed by atoms with Gasteiger partial charge in [-0.25, -0.2) is 4.39 Å². The Morgan fingerprint density at radius 3 is 2.52 bits per heavy atom. The van der Waals surface area contributed by atoms with Gasteiger partial charge in [0.05, 0.1) is 10.6 Å². The Morgan fingerprint density at radius 2 is 1.95 bits per heavy atom. The molecule has 2 unspecified atom stereocenters. The predicted octanol–water partition coefficient (Wildman–Crippen LogP) is 3.89. The Morgan fingerprint density at radius 1 is 1.33 bits per heavy atom. The highest BCUT2D eigenvalue weighted by molar-refractivity contribution is 9.10. The number of hydrogen-bond donors (Lipinski definition) is 2. The largest absolute Gasteiger partial charge is 0.487 e. The molecule has 0 aromatic heterocycles. The average molecular weight is 359 g/mol. The fraction of sp³-hybridized carbons (Fsp3) is 0.533. The number of rotatable bonds is 3. The first kappa shape index (κ1) is 16.1. The van der Waals surface area contributed by atoms with Crippen LogP contribution >= 0.6 is 15.9 Å². The molecule has 116 valence electrons. The van der Waals surface area contributed by atoms with E-state index in [1.54, 1.807) is 6.07 Å². The molecule has 1 aromatic carbocycles. The third kappa shape index (κ3) is 3.67. The van der Waals surface area contributed by atoms with Crippen molar-refractivity contribution in [1.82, 2.24) is 0 Å². The monoisotopic (exact) mass is 358 g/mol. The van der Waals surface area contributed by atoms with Gasteiger partial charge >= 0.3 is 0 Å². The predicted molar refractivity (Wildman–Crippen MR) is 83.2 cm³/mol. The Bertz CT molecular complexity index is 541. The smallest absolute Gasteiger partial charge is 0.179 e. The van der Waals surface area contributed by atoms with E-state index in [-0.39, 0.29) is 22.2 Å². The number of amidine groups is 1. The third-order valence-electron chi connectivity index (χ3n) is 3.86. The molecule has 0 heterocycles. The van der Waals surface area contributed by atoms with E-state index in [0.717, 1.165) is 12.8 Å². The lowest BCUT2D eigenvalue weighted by Gasteiger charge is -2.31. The normalized spacial score (nSPS) is 26.7. The second kappa shape index (κ2) is 6.64. The zero-order chi connectivity index (χ0) is 15.6. The van der Waals surface area contributed by atoms with Gasteiger partial charge in [-0.2, -0.15) is 0 Å². The van der Waals surface area contributed by atoms with Crippen LogP contribution in [0.15, 0.2) is 21.8 Å². The van der Waals surface area contributed by atoms with Crippen molar-refractivity contribution in [2.45, 2.75) is 39.2 Å². The summed E-state index contributed by atoms with van der Waals surface area (Å²) < 4.78 is 20.3. The van der Waals surface area contributed by atoms with Crippen molar-refractivity contribution in [2.24, 2.45) is 22.7 Å². The van der Waals surface area contributed by atoms with Crippen LogP contribution in [0.2, 0.25) is 0 Å². The summed E-state index contributed by atoms with van der Waals surface area (Å²) in [6.45, 7) is 4.39. The van der Waals surface area contributed by atoms with Gasteiger partial charge in [0.25, 0.3) is 0 Å². The van der Waals surface area contributed by atoms with Crippen LogP contribution in [0.5, 0.6) is 5.75 Å². The van der Waals surface area contributed by atoms with E-state index in [2.05, 4.69) is 34.9 Å². The molecule has 1 fully saturated rings. The molecule has 1 aliphatic rings. The van der Waals surface area contributed by atoms with Crippen LogP contribution in [0, 0.1) is 17.7 Å². The number of benzene rings is 1. The van der Waals surface area contributed by atoms with E-state index in [4.69, 9.17) is 15.7 Å². The van der Waals surface area contributed by atoms with E-state index < -0.39 is 5.82 Å². The molecule has 21 heavy (non-hydrogen) atoms. The van der Waals surface area contributed by atoms with Gasteiger partial charge in [0.15, 0.2) is 17.4 Å². The maximum atomic E-state index is 14.3. The van der Waals surface area contributed by atoms with E-state index >= 15 is 0 Å². The lowest BCUT2D eigenvalue weighted by molar-refractivity contribution is 0.0969. The number of hydrogen-bond acceptors (Lipinski definition) is 3. The van der Waals surface area contributed by atoms with E-state index in [1.165, 1.54) is 12.5 Å². The van der Waals surface area contributed by atoms with Gasteiger partial charge in [-0.3, -0.25) is 0 Å². The zero-order valence-corrected chi connectivity index (χ0v) is 13.7. The summed E-state index contributed by atoms with van der Waals surface area (Å²) in [4.78, 5) is 0. The summed E-state index contributed by atoms with van der Waals surface area (Å²) in [6, 6.07) is 3.10. The summed E-state index contributed by atoms with van der Waals surface area (Å²) in [5.74, 6) is 0.697. The molecule has 0 spiro atoms. The highest BCUT2D eigenvalue weighted by Crippen LogP contribution is 2.34. The topological polar surface area (TPSA) is 67.8 Å². The van der Waals surface area contributed by atoms with Crippen LogP contribution in [0.25, 0.3) is 0 Å². The van der Waals surface area contributed by atoms with Crippen molar-refractivity contribution < 1.29 is 14.3 Å². The van der Waals surface area contributed by atoms with Crippen molar-refractivity contribution in [3.63, 3.8) is 0 Å². The van der Waals surface area contributed by atoms with Crippen LogP contribution in [-0.4, -0.2) is 17.1 Å². The van der Waals surface area contributed by atoms with Gasteiger partial charge in [-0.15, -0.1) is 0 Å². The molecule has 3 N–H and O–H groups in total. The van der Waals surface area contributed by atoms with Crippen molar-refractivity contribution in [3.05, 3.63) is 28.0 Å². The minimum atomic E-state index is -0.523. The third-order valence-corrected chi connectivity index (χ3v) is 4.63. The van der Waals surface area contributed by atoms with Crippen LogP contribution in [0.3, 0.4) is 0 Å². The molecule has 0 amide bonds. The summed E-state index contributed by atoms with van der Waals surface area (Å²) in [5, 5.41) is 11.6. The Balaban J connectivity index is 2.20. The molecule has 4 nitrogen and oxygen atoms in total. The highest BCUT2D eigenvalue weighted by atomic mass is 79.9. The summed E-state index contributed by atoms with van der Waals surface area (Å²) in [6.07, 6.45) is 3.08. The number of ether oxygens (including phenoxy) is 1. The molecule has 0 aliphatic heterocycles. The van der Waals surface area contributed by atoms with Crippen LogP contribution in [0.1, 0.15) is 38.7 Å². The number of halogens is 2. The van der Waals surface area contributed by atoms with E-state index in [0.29, 0.717) is 17.4 Å². The second-order valence-corrected chi connectivity index (χ2v) is 6.67. The lowest BCUT2D eigenvalue weighted by atomic mass is 9.82. The summed E-state index contributed by atoms with van der Waals surface area (Å²) >= 11 is 3.13. The minimum absolute atomic E-state index is 0.0276.